The molecule has 1 N–H and O–H groups in total. The smallest absolute Gasteiger partial charge is 0.282 e. The van der Waals surface area contributed by atoms with Gasteiger partial charge in [-0.3, -0.25) is 4.55 Å². The van der Waals surface area contributed by atoms with Crippen LogP contribution in [-0.2, 0) is 20.9 Å². The van der Waals surface area contributed by atoms with E-state index in [1.165, 1.54) is 17.2 Å². The van der Waals surface area contributed by atoms with Crippen LogP contribution < -0.4 is 0 Å². The van der Waals surface area contributed by atoms with E-state index in [0.29, 0.717) is 3.57 Å². The van der Waals surface area contributed by atoms with Gasteiger partial charge in [-0.25, -0.2) is 0 Å². The highest BCUT2D eigenvalue weighted by molar-refractivity contribution is 14.1. The molecule has 5 heteroatoms. The zero-order valence-corrected chi connectivity index (χ0v) is 21.8. The molecule has 0 heterocycles. The summed E-state index contributed by atoms with van der Waals surface area (Å²) in [5.74, 6) is 0. The minimum atomic E-state index is -4.33. The summed E-state index contributed by atoms with van der Waals surface area (Å²) in [6.45, 7) is 13.0. The zero-order chi connectivity index (χ0) is 23.2. The first kappa shape index (κ1) is 24.0. The minimum absolute atomic E-state index is 0.0214. The predicted octanol–water partition coefficient (Wildman–Crippen LogP) is 7.47. The van der Waals surface area contributed by atoms with Crippen LogP contribution in [0.5, 0.6) is 0 Å². The van der Waals surface area contributed by atoms with Crippen LogP contribution in [0.2, 0.25) is 0 Å². The van der Waals surface area contributed by atoms with Gasteiger partial charge in [-0.15, -0.1) is 0 Å². The molecule has 0 aliphatic rings. The fourth-order valence-electron chi connectivity index (χ4n) is 3.57. The first-order chi connectivity index (χ1) is 14.2. The Hall–Kier alpha value is -1.70. The van der Waals surface area contributed by atoms with E-state index in [1.807, 2.05) is 34.7 Å². The summed E-state index contributed by atoms with van der Waals surface area (Å²) < 4.78 is 34.2. The Morgan fingerprint density at radius 1 is 0.677 bits per heavy atom. The van der Waals surface area contributed by atoms with Gasteiger partial charge >= 0.3 is 0 Å². The maximum absolute atomic E-state index is 12.0. The van der Waals surface area contributed by atoms with Crippen molar-refractivity contribution >= 4 is 32.7 Å². The third-order valence-electron chi connectivity index (χ3n) is 5.49. The minimum Gasteiger partial charge on any atom is -0.282 e. The molecule has 0 aliphatic heterocycles. The quantitative estimate of drug-likeness (QED) is 0.273. The molecule has 3 aromatic carbocycles. The van der Waals surface area contributed by atoms with Gasteiger partial charge in [0.1, 0.15) is 4.90 Å². The van der Waals surface area contributed by atoms with E-state index >= 15 is 0 Å². The van der Waals surface area contributed by atoms with E-state index in [0.717, 1.165) is 22.3 Å². The third-order valence-corrected chi connectivity index (χ3v) is 7.87. The molecule has 0 saturated heterocycles. The highest BCUT2D eigenvalue weighted by atomic mass is 127. The Morgan fingerprint density at radius 2 is 1.10 bits per heavy atom. The summed E-state index contributed by atoms with van der Waals surface area (Å²) in [5.41, 5.74) is 6.16. The Bertz CT molecular complexity index is 1200. The fraction of sp³-hybridized carbons (Fsp3) is 0.308. The van der Waals surface area contributed by atoms with Crippen LogP contribution in [0, 0.1) is 3.57 Å². The first-order valence-corrected chi connectivity index (χ1v) is 12.7. The second-order valence-electron chi connectivity index (χ2n) is 9.93. The maximum Gasteiger partial charge on any atom is 0.295 e. The van der Waals surface area contributed by atoms with Gasteiger partial charge in [-0.1, -0.05) is 96.1 Å². The molecule has 0 unspecified atom stereocenters. The topological polar surface area (TPSA) is 54.4 Å². The van der Waals surface area contributed by atoms with Gasteiger partial charge in [0.25, 0.3) is 10.1 Å². The second kappa shape index (κ2) is 8.34. The highest BCUT2D eigenvalue weighted by Crippen LogP contribution is 2.40. The second-order valence-corrected chi connectivity index (χ2v) is 12.4. The van der Waals surface area contributed by atoms with Crippen molar-refractivity contribution in [2.45, 2.75) is 57.3 Å². The molecule has 3 aromatic rings. The van der Waals surface area contributed by atoms with Gasteiger partial charge in [0.15, 0.2) is 0 Å². The van der Waals surface area contributed by atoms with Gasteiger partial charge < -0.3 is 0 Å². The maximum atomic E-state index is 12.0. The lowest BCUT2D eigenvalue weighted by Crippen LogP contribution is -2.11. The first-order valence-electron chi connectivity index (χ1n) is 10.2. The van der Waals surface area contributed by atoms with Crippen LogP contribution in [0.15, 0.2) is 65.6 Å². The van der Waals surface area contributed by atoms with Gasteiger partial charge in [0.05, 0.1) is 0 Å². The third kappa shape index (κ3) is 5.21. The molecule has 0 amide bonds. The number of halogens is 1. The summed E-state index contributed by atoms with van der Waals surface area (Å²) >= 11 is 2.03. The number of rotatable bonds is 3. The van der Waals surface area contributed by atoms with Crippen molar-refractivity contribution in [1.82, 2.24) is 0 Å². The number of hydrogen-bond donors (Lipinski definition) is 1. The number of hydrogen-bond acceptors (Lipinski definition) is 2. The lowest BCUT2D eigenvalue weighted by Gasteiger charge is -2.21. The van der Waals surface area contributed by atoms with E-state index in [2.05, 4.69) is 77.9 Å². The molecular weight excluding hydrogens is 519 g/mol. The van der Waals surface area contributed by atoms with Crippen LogP contribution in [0.1, 0.15) is 52.7 Å². The SMILES string of the molecule is CC(C)(C)c1ccc(-c2ccc(S(=O)(=O)O)c(I)c2-c2ccc(C(C)(C)C)cc2)cc1. The van der Waals surface area contributed by atoms with E-state index < -0.39 is 10.1 Å². The standard InChI is InChI=1S/C26H29IO3S/c1-25(2,3)19-11-7-17(8-12-19)21-15-16-22(31(28,29)30)24(27)23(21)18-9-13-20(14-10-18)26(4,5)6/h7-16H,1-6H3,(H,28,29,30). The van der Waals surface area contributed by atoms with E-state index in [1.54, 1.807) is 6.07 Å². The molecule has 0 spiro atoms. The highest BCUT2D eigenvalue weighted by Gasteiger charge is 2.22. The van der Waals surface area contributed by atoms with Crippen LogP contribution >= 0.6 is 22.6 Å². The van der Waals surface area contributed by atoms with Crippen molar-refractivity contribution < 1.29 is 13.0 Å². The molecular formula is C26H29IO3S. The van der Waals surface area contributed by atoms with Crippen LogP contribution in [-0.4, -0.2) is 13.0 Å². The summed E-state index contributed by atoms with van der Waals surface area (Å²) in [4.78, 5) is -0.0712. The largest absolute Gasteiger partial charge is 0.295 e. The van der Waals surface area contributed by atoms with E-state index in [4.69, 9.17) is 0 Å². The Kier molecular flexibility index (Phi) is 6.44. The van der Waals surface area contributed by atoms with E-state index in [-0.39, 0.29) is 15.7 Å². The van der Waals surface area contributed by atoms with Crippen LogP contribution in [0.4, 0.5) is 0 Å². The molecule has 31 heavy (non-hydrogen) atoms. The average Bonchev–Trinajstić information content (AvgIpc) is 2.65. The Labute approximate surface area is 199 Å². The van der Waals surface area contributed by atoms with Gasteiger partial charge in [0, 0.05) is 9.13 Å². The van der Waals surface area contributed by atoms with Gasteiger partial charge in [-0.05, 0) is 67.3 Å². The lowest BCUT2D eigenvalue weighted by atomic mass is 9.84. The summed E-state index contributed by atoms with van der Waals surface area (Å²) in [5, 5.41) is 0. The van der Waals surface area contributed by atoms with Crippen molar-refractivity contribution in [2.75, 3.05) is 0 Å². The lowest BCUT2D eigenvalue weighted by molar-refractivity contribution is 0.482. The molecule has 0 bridgehead atoms. The van der Waals surface area contributed by atoms with E-state index in [9.17, 15) is 13.0 Å². The monoisotopic (exact) mass is 548 g/mol. The van der Waals surface area contributed by atoms with Gasteiger partial charge in [-0.2, -0.15) is 8.42 Å². The summed E-state index contributed by atoms with van der Waals surface area (Å²) in [6.07, 6.45) is 0. The normalized spacial score (nSPS) is 12.8. The summed E-state index contributed by atoms with van der Waals surface area (Å²) in [7, 11) is -4.33. The van der Waals surface area contributed by atoms with Gasteiger partial charge in [0.2, 0.25) is 0 Å². The van der Waals surface area contributed by atoms with Crippen molar-refractivity contribution in [3.63, 3.8) is 0 Å². The van der Waals surface area contributed by atoms with Crippen LogP contribution in [0.25, 0.3) is 22.3 Å². The van der Waals surface area contributed by atoms with Crippen molar-refractivity contribution in [3.05, 3.63) is 75.4 Å². The Balaban J connectivity index is 2.24. The fourth-order valence-corrected chi connectivity index (χ4v) is 5.75. The molecule has 0 radical (unpaired) electrons. The average molecular weight is 548 g/mol. The molecule has 0 atom stereocenters. The molecule has 164 valence electrons. The predicted molar refractivity (Wildman–Crippen MR) is 137 cm³/mol. The zero-order valence-electron chi connectivity index (χ0n) is 18.8. The molecule has 3 nitrogen and oxygen atoms in total. The number of benzene rings is 3. The molecule has 3 rings (SSSR count). The van der Waals surface area contributed by atoms with Crippen molar-refractivity contribution in [2.24, 2.45) is 0 Å². The molecule has 0 fully saturated rings. The molecule has 0 aromatic heterocycles. The van der Waals surface area contributed by atoms with Crippen molar-refractivity contribution in [1.29, 1.82) is 0 Å². The van der Waals surface area contributed by atoms with Crippen molar-refractivity contribution in [3.8, 4) is 22.3 Å². The Morgan fingerprint density at radius 3 is 1.48 bits per heavy atom. The summed E-state index contributed by atoms with van der Waals surface area (Å²) in [6, 6.07) is 19.9. The molecule has 0 aliphatic carbocycles. The van der Waals surface area contributed by atoms with Crippen LogP contribution in [0.3, 0.4) is 0 Å². The molecule has 0 saturated carbocycles.